The van der Waals surface area contributed by atoms with Gasteiger partial charge in [-0.05, 0) is 42.2 Å². The molecule has 1 heterocycles. The van der Waals surface area contributed by atoms with Gasteiger partial charge in [-0.1, -0.05) is 37.1 Å². The number of hydrogen-bond acceptors (Lipinski definition) is 3. The summed E-state index contributed by atoms with van der Waals surface area (Å²) in [4.78, 5) is 4.80. The van der Waals surface area contributed by atoms with Crippen LogP contribution in [0.3, 0.4) is 0 Å². The van der Waals surface area contributed by atoms with Gasteiger partial charge in [-0.2, -0.15) is 10.3 Å². The molecule has 0 bridgehead atoms. The van der Waals surface area contributed by atoms with Crippen LogP contribution < -0.4 is 4.59 Å². The molecule has 4 heteroatoms. The number of nitrogens with zero attached hydrogens (tertiary/aromatic N) is 4. The molecule has 0 aromatic heterocycles. The van der Waals surface area contributed by atoms with Crippen LogP contribution in [0.5, 0.6) is 0 Å². The van der Waals surface area contributed by atoms with Crippen molar-refractivity contribution in [2.45, 2.75) is 39.5 Å². The van der Waals surface area contributed by atoms with Gasteiger partial charge in [-0.15, -0.1) is 4.59 Å². The fourth-order valence-corrected chi connectivity index (χ4v) is 3.35. The zero-order valence-electron chi connectivity index (χ0n) is 15.7. The number of benzene rings is 2. The minimum Gasteiger partial charge on any atom is -0.192 e. The normalized spacial score (nSPS) is 19.0. The number of amidine groups is 2. The van der Waals surface area contributed by atoms with E-state index in [4.69, 9.17) is 10.1 Å². The number of hydrogen-bond donors (Lipinski definition) is 0. The first-order valence-electron chi connectivity index (χ1n) is 9.26. The van der Waals surface area contributed by atoms with Crippen LogP contribution in [0.25, 0.3) is 11.1 Å². The smallest absolute Gasteiger partial charge is 0.192 e. The van der Waals surface area contributed by atoms with Crippen molar-refractivity contribution in [2.24, 2.45) is 10.1 Å². The fraction of sp³-hybridized carbons (Fsp3) is 0.318. The van der Waals surface area contributed by atoms with Crippen molar-refractivity contribution in [3.63, 3.8) is 0 Å². The number of aliphatic imine (C=N–C) groups is 1. The summed E-state index contributed by atoms with van der Waals surface area (Å²) in [7, 11) is 2.11. The van der Waals surface area contributed by atoms with Gasteiger partial charge in [-0.25, -0.2) is 0 Å². The lowest BCUT2D eigenvalue weighted by Crippen LogP contribution is -2.43. The molecule has 0 radical (unpaired) electrons. The van der Waals surface area contributed by atoms with E-state index in [1.54, 1.807) is 0 Å². The Balaban J connectivity index is 1.97. The largest absolute Gasteiger partial charge is 0.236 e. The Morgan fingerprint density at radius 1 is 0.962 bits per heavy atom. The number of nitriles is 1. The van der Waals surface area contributed by atoms with E-state index < -0.39 is 0 Å². The Bertz CT molecular complexity index is 887. The van der Waals surface area contributed by atoms with Crippen LogP contribution in [0.1, 0.15) is 45.1 Å². The van der Waals surface area contributed by atoms with Crippen LogP contribution in [-0.2, 0) is 0 Å². The monoisotopic (exact) mass is 345 g/mol. The Labute approximate surface area is 155 Å². The molecule has 2 aromatic carbocycles. The molecule has 0 saturated carbocycles. The maximum absolute atomic E-state index is 9.33. The molecule has 1 aliphatic heterocycles. The lowest BCUT2D eigenvalue weighted by molar-refractivity contribution is 0.520. The average molecular weight is 345 g/mol. The predicted molar refractivity (Wildman–Crippen MR) is 109 cm³/mol. The number of rotatable bonds is 6. The third-order valence-electron chi connectivity index (χ3n) is 4.75. The molecule has 2 aromatic rings. The van der Waals surface area contributed by atoms with E-state index in [0.717, 1.165) is 54.2 Å². The Morgan fingerprint density at radius 2 is 1.65 bits per heavy atom. The molecular formula is C22H25N4+. The van der Waals surface area contributed by atoms with E-state index >= 15 is 0 Å². The maximum Gasteiger partial charge on any atom is 0.236 e. The topological polar surface area (TPSA) is 48.5 Å². The highest BCUT2D eigenvalue weighted by Gasteiger charge is 2.37. The molecule has 1 aliphatic rings. The summed E-state index contributed by atoms with van der Waals surface area (Å²) in [6.45, 7) is 4.33. The second-order valence-electron chi connectivity index (χ2n) is 6.71. The van der Waals surface area contributed by atoms with E-state index in [0.29, 0.717) is 10.2 Å². The molecule has 3 rings (SSSR count). The zero-order chi connectivity index (χ0) is 18.6. The second kappa shape index (κ2) is 7.63. The van der Waals surface area contributed by atoms with Crippen molar-refractivity contribution in [2.75, 3.05) is 7.05 Å². The molecule has 0 aliphatic carbocycles. The van der Waals surface area contributed by atoms with E-state index in [-0.39, 0.29) is 0 Å². The highest BCUT2D eigenvalue weighted by atomic mass is 15.7. The molecule has 0 saturated heterocycles. The van der Waals surface area contributed by atoms with Gasteiger partial charge in [0.05, 0.1) is 11.6 Å². The summed E-state index contributed by atoms with van der Waals surface area (Å²) in [5, 5.41) is 14.2. The van der Waals surface area contributed by atoms with Crippen LogP contribution in [-0.4, -0.2) is 18.7 Å². The summed E-state index contributed by atoms with van der Waals surface area (Å²) in [6.07, 6.45) is 3.95. The summed E-state index contributed by atoms with van der Waals surface area (Å²) in [5.74, 6) is 2.04. The molecule has 0 amide bonds. The SMILES string of the molecule is CCCC1=N[N+](C)(c2ccc(-c3ccccc3C#N)cc2)C(CCC)=N1. The van der Waals surface area contributed by atoms with Crippen molar-refractivity contribution in [3.8, 4) is 17.2 Å². The summed E-state index contributed by atoms with van der Waals surface area (Å²) in [5.41, 5.74) is 3.80. The molecule has 1 atom stereocenters. The molecule has 0 fully saturated rings. The van der Waals surface area contributed by atoms with Gasteiger partial charge in [0, 0.05) is 25.0 Å². The third-order valence-corrected chi connectivity index (χ3v) is 4.75. The van der Waals surface area contributed by atoms with Crippen molar-refractivity contribution < 1.29 is 0 Å². The Hall–Kier alpha value is -2.77. The zero-order valence-corrected chi connectivity index (χ0v) is 15.7. The lowest BCUT2D eigenvalue weighted by atomic mass is 10.00. The van der Waals surface area contributed by atoms with Gasteiger partial charge in [0.15, 0.2) is 11.5 Å². The molecule has 0 spiro atoms. The predicted octanol–water partition coefficient (Wildman–Crippen LogP) is 5.49. The quantitative estimate of drug-likeness (QED) is 0.639. The van der Waals surface area contributed by atoms with Gasteiger partial charge in [0.1, 0.15) is 7.05 Å². The standard InChI is InChI=1S/C22H25N4/c1-4-8-21-24-22(9-5-2)26(3,25-21)19-14-12-17(13-15-19)20-11-7-6-10-18(20)16-23/h6-7,10-15H,4-5,8-9H2,1-3H3/q+1. The third kappa shape index (κ3) is 3.31. The van der Waals surface area contributed by atoms with Crippen LogP contribution in [0.2, 0.25) is 0 Å². The first-order chi connectivity index (χ1) is 12.6. The molecule has 26 heavy (non-hydrogen) atoms. The second-order valence-corrected chi connectivity index (χ2v) is 6.71. The van der Waals surface area contributed by atoms with Crippen LogP contribution in [0, 0.1) is 11.3 Å². The number of quaternary nitrogens is 1. The van der Waals surface area contributed by atoms with Gasteiger partial charge < -0.3 is 0 Å². The van der Waals surface area contributed by atoms with Gasteiger partial charge in [0.25, 0.3) is 0 Å². The lowest BCUT2D eigenvalue weighted by Gasteiger charge is -2.24. The summed E-state index contributed by atoms with van der Waals surface area (Å²) < 4.78 is 0.406. The van der Waals surface area contributed by atoms with E-state index in [1.165, 1.54) is 0 Å². The van der Waals surface area contributed by atoms with Crippen LogP contribution in [0.4, 0.5) is 5.69 Å². The minimum atomic E-state index is 0.406. The summed E-state index contributed by atoms with van der Waals surface area (Å²) >= 11 is 0. The van der Waals surface area contributed by atoms with Gasteiger partial charge in [0.2, 0.25) is 5.84 Å². The molecule has 1 unspecified atom stereocenters. The van der Waals surface area contributed by atoms with Crippen molar-refractivity contribution in [3.05, 3.63) is 54.1 Å². The van der Waals surface area contributed by atoms with Crippen LogP contribution in [0.15, 0.2) is 58.6 Å². The molecular weight excluding hydrogens is 320 g/mol. The van der Waals surface area contributed by atoms with Crippen molar-refractivity contribution >= 4 is 17.4 Å². The molecule has 132 valence electrons. The Morgan fingerprint density at radius 3 is 2.31 bits per heavy atom. The molecule has 0 N–H and O–H groups in total. The Kier molecular flexibility index (Phi) is 5.29. The van der Waals surface area contributed by atoms with Crippen molar-refractivity contribution in [1.29, 1.82) is 5.26 Å². The first-order valence-corrected chi connectivity index (χ1v) is 9.26. The van der Waals surface area contributed by atoms with Crippen molar-refractivity contribution in [1.82, 2.24) is 4.59 Å². The van der Waals surface area contributed by atoms with Gasteiger partial charge >= 0.3 is 0 Å². The first kappa shape index (κ1) is 18.0. The fourth-order valence-electron chi connectivity index (χ4n) is 3.35. The highest BCUT2D eigenvalue weighted by molar-refractivity contribution is 6.06. The van der Waals surface area contributed by atoms with E-state index in [2.05, 4.69) is 51.2 Å². The summed E-state index contributed by atoms with van der Waals surface area (Å²) in [6, 6.07) is 18.3. The highest BCUT2D eigenvalue weighted by Crippen LogP contribution is 2.32. The minimum absolute atomic E-state index is 0.406. The maximum atomic E-state index is 9.33. The average Bonchev–Trinajstić information content (AvgIpc) is 2.99. The van der Waals surface area contributed by atoms with Crippen LogP contribution >= 0.6 is 0 Å². The van der Waals surface area contributed by atoms with E-state index in [9.17, 15) is 5.26 Å². The van der Waals surface area contributed by atoms with Gasteiger partial charge in [-0.3, -0.25) is 0 Å². The van der Waals surface area contributed by atoms with E-state index in [1.807, 2.05) is 24.3 Å². The molecule has 4 nitrogen and oxygen atoms in total.